The van der Waals surface area contributed by atoms with Gasteiger partial charge in [0.15, 0.2) is 0 Å². The van der Waals surface area contributed by atoms with Gasteiger partial charge in [0, 0.05) is 18.2 Å². The molecule has 1 aliphatic heterocycles. The van der Waals surface area contributed by atoms with Crippen LogP contribution < -0.4 is 0 Å². The Morgan fingerprint density at radius 3 is 2.67 bits per heavy atom. The number of aliphatic hydroxyl groups is 1. The summed E-state index contributed by atoms with van der Waals surface area (Å²) in [6.07, 6.45) is 2.32. The summed E-state index contributed by atoms with van der Waals surface area (Å²) < 4.78 is 13.3. The summed E-state index contributed by atoms with van der Waals surface area (Å²) in [6.45, 7) is 2.68. The highest BCUT2D eigenvalue weighted by Gasteiger charge is 2.21. The fourth-order valence-electron chi connectivity index (χ4n) is 2.77. The molecule has 4 heteroatoms. The molecule has 1 fully saturated rings. The van der Waals surface area contributed by atoms with Crippen molar-refractivity contribution < 1.29 is 9.50 Å². The van der Waals surface area contributed by atoms with Crippen LogP contribution in [-0.4, -0.2) is 54.7 Å². The van der Waals surface area contributed by atoms with Crippen molar-refractivity contribution in [2.45, 2.75) is 25.4 Å². The lowest BCUT2D eigenvalue weighted by Gasteiger charge is -2.35. The van der Waals surface area contributed by atoms with Gasteiger partial charge in [-0.05, 0) is 57.7 Å². The third-order valence-electron chi connectivity index (χ3n) is 4.06. The smallest absolute Gasteiger partial charge is 0.124 e. The monoisotopic (exact) mass is 290 g/mol. The lowest BCUT2D eigenvalue weighted by Crippen LogP contribution is -2.41. The van der Waals surface area contributed by atoms with E-state index in [2.05, 4.69) is 35.7 Å². The molecule has 1 aliphatic rings. The van der Waals surface area contributed by atoms with Crippen LogP contribution in [0.15, 0.2) is 18.2 Å². The minimum atomic E-state index is -0.285. The molecule has 114 valence electrons. The van der Waals surface area contributed by atoms with Crippen LogP contribution in [-0.2, 0) is 6.54 Å². The Labute approximate surface area is 126 Å². The van der Waals surface area contributed by atoms with Crippen LogP contribution in [0.3, 0.4) is 0 Å². The number of nitrogens with zero attached hydrogens (tertiary/aromatic N) is 2. The predicted molar refractivity (Wildman–Crippen MR) is 82.3 cm³/mol. The van der Waals surface area contributed by atoms with E-state index in [1.807, 2.05) is 0 Å². The number of halogens is 1. The van der Waals surface area contributed by atoms with Crippen LogP contribution in [0, 0.1) is 17.7 Å². The summed E-state index contributed by atoms with van der Waals surface area (Å²) >= 11 is 0. The maximum Gasteiger partial charge on any atom is 0.124 e. The maximum absolute atomic E-state index is 13.3. The largest absolute Gasteiger partial charge is 0.384 e. The van der Waals surface area contributed by atoms with E-state index >= 15 is 0 Å². The number of benzene rings is 1. The lowest BCUT2D eigenvalue weighted by atomic mass is 10.0. The van der Waals surface area contributed by atoms with Gasteiger partial charge < -0.3 is 10.0 Å². The first-order valence-electron chi connectivity index (χ1n) is 7.37. The molecule has 0 bridgehead atoms. The average molecular weight is 290 g/mol. The van der Waals surface area contributed by atoms with Crippen LogP contribution in [0.1, 0.15) is 24.0 Å². The van der Waals surface area contributed by atoms with Gasteiger partial charge in [-0.1, -0.05) is 17.9 Å². The van der Waals surface area contributed by atoms with Crippen molar-refractivity contribution in [3.8, 4) is 11.8 Å². The fraction of sp³-hybridized carbons (Fsp3) is 0.529. The van der Waals surface area contributed by atoms with Gasteiger partial charge in [-0.2, -0.15) is 0 Å². The van der Waals surface area contributed by atoms with Crippen molar-refractivity contribution in [1.82, 2.24) is 9.80 Å². The zero-order valence-electron chi connectivity index (χ0n) is 12.8. The minimum absolute atomic E-state index is 0.204. The van der Waals surface area contributed by atoms with E-state index in [-0.39, 0.29) is 12.4 Å². The molecule has 1 heterocycles. The molecule has 1 aromatic rings. The molecule has 0 aliphatic carbocycles. The first-order chi connectivity index (χ1) is 10.1. The van der Waals surface area contributed by atoms with Gasteiger partial charge in [0.05, 0.1) is 0 Å². The number of hydrogen-bond acceptors (Lipinski definition) is 3. The summed E-state index contributed by atoms with van der Waals surface area (Å²) in [5, 5.41) is 8.81. The normalized spacial score (nSPS) is 16.8. The molecule has 0 aromatic heterocycles. The number of hydrogen-bond donors (Lipinski definition) is 1. The van der Waals surface area contributed by atoms with Crippen molar-refractivity contribution >= 4 is 0 Å². The molecule has 2 rings (SSSR count). The number of piperidine rings is 1. The van der Waals surface area contributed by atoms with Gasteiger partial charge in [-0.25, -0.2) is 4.39 Å². The van der Waals surface area contributed by atoms with Crippen LogP contribution in [0.5, 0.6) is 0 Å². The first-order valence-corrected chi connectivity index (χ1v) is 7.37. The van der Waals surface area contributed by atoms with E-state index in [0.29, 0.717) is 11.6 Å². The Morgan fingerprint density at radius 1 is 1.33 bits per heavy atom. The summed E-state index contributed by atoms with van der Waals surface area (Å²) in [5.41, 5.74) is 1.71. The summed E-state index contributed by atoms with van der Waals surface area (Å²) in [5.74, 6) is 5.17. The van der Waals surface area contributed by atoms with E-state index in [0.717, 1.165) is 38.0 Å². The Hall–Kier alpha value is -1.41. The van der Waals surface area contributed by atoms with E-state index in [1.165, 1.54) is 12.1 Å². The van der Waals surface area contributed by atoms with Crippen LogP contribution >= 0.6 is 0 Å². The van der Waals surface area contributed by atoms with E-state index in [4.69, 9.17) is 5.11 Å². The van der Waals surface area contributed by atoms with E-state index in [9.17, 15) is 4.39 Å². The van der Waals surface area contributed by atoms with Gasteiger partial charge in [-0.3, -0.25) is 4.90 Å². The zero-order valence-corrected chi connectivity index (χ0v) is 12.8. The van der Waals surface area contributed by atoms with Crippen molar-refractivity contribution in [2.24, 2.45) is 0 Å². The highest BCUT2D eigenvalue weighted by atomic mass is 19.1. The summed E-state index contributed by atoms with van der Waals surface area (Å²) in [4.78, 5) is 4.67. The molecule has 1 aromatic carbocycles. The molecular weight excluding hydrogens is 267 g/mol. The third kappa shape index (κ3) is 4.53. The Kier molecular flexibility index (Phi) is 5.75. The Balaban J connectivity index is 2.03. The fourth-order valence-corrected chi connectivity index (χ4v) is 2.77. The quantitative estimate of drug-likeness (QED) is 0.858. The molecule has 1 N–H and O–H groups in total. The molecule has 21 heavy (non-hydrogen) atoms. The van der Waals surface area contributed by atoms with Crippen molar-refractivity contribution in [2.75, 3.05) is 33.8 Å². The van der Waals surface area contributed by atoms with Gasteiger partial charge in [0.25, 0.3) is 0 Å². The van der Waals surface area contributed by atoms with Crippen LogP contribution in [0.2, 0.25) is 0 Å². The summed E-state index contributed by atoms with van der Waals surface area (Å²) in [7, 11) is 4.26. The molecule has 0 unspecified atom stereocenters. The number of likely N-dealkylation sites (tertiary alicyclic amines) is 1. The van der Waals surface area contributed by atoms with Crippen molar-refractivity contribution in [3.63, 3.8) is 0 Å². The Morgan fingerprint density at radius 2 is 2.05 bits per heavy atom. The molecule has 0 amide bonds. The second-order valence-electron chi connectivity index (χ2n) is 5.73. The molecular formula is C17H23FN2O. The van der Waals surface area contributed by atoms with E-state index < -0.39 is 0 Å². The van der Waals surface area contributed by atoms with Crippen LogP contribution in [0.4, 0.5) is 4.39 Å². The molecule has 0 spiro atoms. The third-order valence-corrected chi connectivity index (χ3v) is 4.06. The topological polar surface area (TPSA) is 26.7 Å². The zero-order chi connectivity index (χ0) is 15.2. The second kappa shape index (κ2) is 7.56. The van der Waals surface area contributed by atoms with Gasteiger partial charge in [0.2, 0.25) is 0 Å². The predicted octanol–water partition coefficient (Wildman–Crippen LogP) is 1.70. The molecule has 0 atom stereocenters. The highest BCUT2D eigenvalue weighted by Crippen LogP contribution is 2.19. The lowest BCUT2D eigenvalue weighted by molar-refractivity contribution is 0.140. The highest BCUT2D eigenvalue weighted by molar-refractivity contribution is 5.41. The van der Waals surface area contributed by atoms with Gasteiger partial charge in [-0.15, -0.1) is 0 Å². The minimum Gasteiger partial charge on any atom is -0.384 e. The number of aliphatic hydroxyl groups excluding tert-OH is 1. The number of rotatable bonds is 3. The van der Waals surface area contributed by atoms with Crippen molar-refractivity contribution in [1.29, 1.82) is 0 Å². The maximum atomic E-state index is 13.3. The average Bonchev–Trinajstić information content (AvgIpc) is 2.48. The molecule has 1 saturated heterocycles. The SMILES string of the molecule is CN(C)C1CCN(Cc2ccc(F)cc2C#CCO)CC1. The molecule has 0 radical (unpaired) electrons. The van der Waals surface area contributed by atoms with Gasteiger partial charge >= 0.3 is 0 Å². The summed E-state index contributed by atoms with van der Waals surface area (Å²) in [6, 6.07) is 5.38. The second-order valence-corrected chi connectivity index (χ2v) is 5.73. The standard InChI is InChI=1S/C17H23FN2O/c1-19(2)17-7-9-20(10-8-17)13-15-5-6-16(18)12-14(15)4-3-11-21/h5-6,12,17,21H,7-11,13H2,1-2H3. The molecule has 0 saturated carbocycles. The van der Waals surface area contributed by atoms with Crippen LogP contribution in [0.25, 0.3) is 0 Å². The molecule has 3 nitrogen and oxygen atoms in total. The van der Waals surface area contributed by atoms with E-state index in [1.54, 1.807) is 6.07 Å². The Bertz CT molecular complexity index is 525. The van der Waals surface area contributed by atoms with Gasteiger partial charge in [0.1, 0.15) is 12.4 Å². The van der Waals surface area contributed by atoms with Crippen molar-refractivity contribution in [3.05, 3.63) is 35.1 Å². The first kappa shape index (κ1) is 16.0.